The second-order valence-electron chi connectivity index (χ2n) is 8.43. The van der Waals surface area contributed by atoms with E-state index in [1.165, 1.54) is 14.2 Å². The Bertz CT molecular complexity index is 1220. The minimum absolute atomic E-state index is 0.0560. The number of fused-ring (bicyclic) bond motifs is 1. The van der Waals surface area contributed by atoms with Crippen molar-refractivity contribution in [2.75, 3.05) is 33.9 Å². The molecule has 0 radical (unpaired) electrons. The van der Waals surface area contributed by atoms with Crippen LogP contribution in [0, 0.1) is 11.6 Å². The van der Waals surface area contributed by atoms with E-state index in [0.29, 0.717) is 33.9 Å². The first kappa shape index (κ1) is 24.6. The van der Waals surface area contributed by atoms with Gasteiger partial charge in [0.1, 0.15) is 5.65 Å². The Hall–Kier alpha value is -3.53. The molecule has 3 aromatic rings. The molecule has 4 heterocycles. The van der Waals surface area contributed by atoms with Crippen LogP contribution in [-0.4, -0.2) is 66.0 Å². The van der Waals surface area contributed by atoms with Crippen LogP contribution in [0.1, 0.15) is 36.5 Å². The van der Waals surface area contributed by atoms with E-state index < -0.39 is 11.6 Å². The Balaban J connectivity index is 1.57. The molecule has 10 heteroatoms. The van der Waals surface area contributed by atoms with Crippen molar-refractivity contribution < 1.29 is 18.3 Å². The summed E-state index contributed by atoms with van der Waals surface area (Å²) in [5.41, 5.74) is 8.51. The van der Waals surface area contributed by atoms with E-state index >= 15 is 0 Å². The smallest absolute Gasteiger partial charge is 0.253 e. The molecule has 4 rings (SSSR count). The van der Waals surface area contributed by atoms with Crippen LogP contribution in [0.5, 0.6) is 11.8 Å². The lowest BCUT2D eigenvalue weighted by molar-refractivity contribution is 0.224. The highest BCUT2D eigenvalue weighted by atomic mass is 19.1. The van der Waals surface area contributed by atoms with Crippen LogP contribution in [0.15, 0.2) is 29.5 Å². The Morgan fingerprint density at radius 3 is 2.54 bits per heavy atom. The van der Waals surface area contributed by atoms with Gasteiger partial charge in [-0.15, -0.1) is 0 Å². The summed E-state index contributed by atoms with van der Waals surface area (Å²) in [4.78, 5) is 18.2. The number of aliphatic imine (C=N–C) groups is 1. The summed E-state index contributed by atoms with van der Waals surface area (Å²) < 4.78 is 39.5. The molecule has 0 atom stereocenters. The number of nitrogens with two attached hydrogens (primary N) is 1. The molecule has 1 aliphatic rings. The van der Waals surface area contributed by atoms with E-state index in [-0.39, 0.29) is 23.7 Å². The van der Waals surface area contributed by atoms with Gasteiger partial charge >= 0.3 is 0 Å². The summed E-state index contributed by atoms with van der Waals surface area (Å²) in [6.07, 6.45) is 8.86. The van der Waals surface area contributed by atoms with Crippen molar-refractivity contribution in [2.24, 2.45) is 10.7 Å². The molecule has 1 saturated heterocycles. The Kier molecular flexibility index (Phi) is 7.60. The minimum Gasteiger partial charge on any atom is -0.479 e. The van der Waals surface area contributed by atoms with Gasteiger partial charge in [0.15, 0.2) is 11.6 Å². The van der Waals surface area contributed by atoms with Crippen molar-refractivity contribution in [2.45, 2.75) is 32.2 Å². The van der Waals surface area contributed by atoms with Gasteiger partial charge in [0, 0.05) is 60.3 Å². The highest BCUT2D eigenvalue weighted by Gasteiger charge is 2.23. The average Bonchev–Trinajstić information content (AvgIpc) is 3.29. The molecule has 0 aromatic carbocycles. The molecule has 0 amide bonds. The highest BCUT2D eigenvalue weighted by molar-refractivity contribution is 5.87. The number of hydrogen-bond acceptors (Lipinski definition) is 7. The predicted molar refractivity (Wildman–Crippen MR) is 132 cm³/mol. The van der Waals surface area contributed by atoms with Crippen molar-refractivity contribution >= 4 is 22.9 Å². The molecule has 0 saturated carbocycles. The first-order chi connectivity index (χ1) is 16.9. The number of aromatic nitrogens is 3. The molecule has 1 aliphatic heterocycles. The number of methoxy groups -OCH3 is 2. The molecule has 8 nitrogen and oxygen atoms in total. The van der Waals surface area contributed by atoms with Crippen LogP contribution in [0.25, 0.3) is 16.7 Å². The normalized spacial score (nSPS) is 15.9. The van der Waals surface area contributed by atoms with Crippen LogP contribution in [-0.2, 0) is 6.42 Å². The number of ether oxygens (including phenoxy) is 2. The maximum absolute atomic E-state index is 14.8. The topological polar surface area (TPSA) is 102 Å². The van der Waals surface area contributed by atoms with Crippen molar-refractivity contribution in [3.05, 3.63) is 52.9 Å². The van der Waals surface area contributed by atoms with Crippen LogP contribution < -0.4 is 15.2 Å². The second kappa shape index (κ2) is 10.8. The number of halogens is 2. The minimum atomic E-state index is -0.871. The second-order valence-corrected chi connectivity index (χ2v) is 8.43. The summed E-state index contributed by atoms with van der Waals surface area (Å²) in [7, 11) is 2.53. The van der Waals surface area contributed by atoms with Crippen LogP contribution >= 0.6 is 0 Å². The van der Waals surface area contributed by atoms with Gasteiger partial charge in [-0.3, -0.25) is 4.99 Å². The number of allylic oxidation sites excluding steroid dienone is 1. The van der Waals surface area contributed by atoms with E-state index in [1.54, 1.807) is 24.7 Å². The molecule has 35 heavy (non-hydrogen) atoms. The largest absolute Gasteiger partial charge is 0.479 e. The van der Waals surface area contributed by atoms with Crippen molar-refractivity contribution in [3.63, 3.8) is 0 Å². The third kappa shape index (κ3) is 5.27. The zero-order valence-corrected chi connectivity index (χ0v) is 20.1. The number of nitrogens with one attached hydrogen (secondary N) is 1. The third-order valence-electron chi connectivity index (χ3n) is 6.37. The third-order valence-corrected chi connectivity index (χ3v) is 6.37. The van der Waals surface area contributed by atoms with Gasteiger partial charge in [-0.05, 0) is 37.1 Å². The fourth-order valence-corrected chi connectivity index (χ4v) is 4.25. The zero-order chi connectivity index (χ0) is 24.9. The molecule has 1 fully saturated rings. The quantitative estimate of drug-likeness (QED) is 0.473. The molecule has 0 aliphatic carbocycles. The molecular formula is C25H30F2N6O2. The number of pyridine rings is 2. The Morgan fingerprint density at radius 1 is 1.23 bits per heavy atom. The van der Waals surface area contributed by atoms with Crippen molar-refractivity contribution in [3.8, 4) is 11.8 Å². The number of rotatable bonds is 8. The van der Waals surface area contributed by atoms with E-state index in [4.69, 9.17) is 15.2 Å². The molecular weight excluding hydrogens is 454 g/mol. The molecule has 3 aromatic heterocycles. The molecule has 0 spiro atoms. The first-order valence-electron chi connectivity index (χ1n) is 11.6. The molecule has 3 N–H and O–H groups in total. The summed E-state index contributed by atoms with van der Waals surface area (Å²) in [5, 5.41) is 0.705. The SMILES string of the molecule is CCN1CCC(N=CC=C(N)c2cnc3[nH]cc(Cc4c(F)c(OC)nc(OC)c4F)c3c2)CC1. The molecule has 186 valence electrons. The van der Waals surface area contributed by atoms with Crippen LogP contribution in [0.2, 0.25) is 0 Å². The molecule has 0 unspecified atom stereocenters. The lowest BCUT2D eigenvalue weighted by Crippen LogP contribution is -2.34. The number of aromatic amines is 1. The van der Waals surface area contributed by atoms with Gasteiger partial charge in [-0.25, -0.2) is 13.8 Å². The summed E-state index contributed by atoms with van der Waals surface area (Å²) in [5.74, 6) is -2.40. The molecule has 0 bridgehead atoms. The van der Waals surface area contributed by atoms with Gasteiger partial charge < -0.3 is 25.1 Å². The van der Waals surface area contributed by atoms with Gasteiger partial charge in [-0.2, -0.15) is 4.98 Å². The van der Waals surface area contributed by atoms with Gasteiger partial charge in [-0.1, -0.05) is 6.92 Å². The Morgan fingerprint density at radius 2 is 1.91 bits per heavy atom. The maximum atomic E-state index is 14.8. The number of likely N-dealkylation sites (tertiary alicyclic amines) is 1. The zero-order valence-electron chi connectivity index (χ0n) is 20.1. The standard InChI is InChI=1S/C25H30F2N6O2/c1-4-33-9-6-17(7-10-33)29-8-5-20(28)16-12-18-15(13-30-23(18)31-14-16)11-19-21(26)24(34-2)32-25(35-3)22(19)27/h5,8,12-14,17H,4,6-7,9-11,28H2,1-3H3,(H,30,31). The van der Waals surface area contributed by atoms with Crippen LogP contribution in [0.3, 0.4) is 0 Å². The number of nitrogens with zero attached hydrogens (tertiary/aromatic N) is 4. The summed E-state index contributed by atoms with van der Waals surface area (Å²) in [6, 6.07) is 2.15. The fraction of sp³-hybridized carbons (Fsp3) is 0.400. The summed E-state index contributed by atoms with van der Waals surface area (Å²) >= 11 is 0. The maximum Gasteiger partial charge on any atom is 0.253 e. The lowest BCUT2D eigenvalue weighted by atomic mass is 10.0. The van der Waals surface area contributed by atoms with Crippen LogP contribution in [0.4, 0.5) is 8.78 Å². The van der Waals surface area contributed by atoms with E-state index in [0.717, 1.165) is 32.5 Å². The van der Waals surface area contributed by atoms with Gasteiger partial charge in [0.25, 0.3) is 11.8 Å². The van der Waals surface area contributed by atoms with E-state index in [2.05, 4.69) is 31.8 Å². The lowest BCUT2D eigenvalue weighted by Gasteiger charge is -2.28. The fourth-order valence-electron chi connectivity index (χ4n) is 4.25. The first-order valence-corrected chi connectivity index (χ1v) is 11.6. The van der Waals surface area contributed by atoms with Crippen molar-refractivity contribution in [1.82, 2.24) is 19.9 Å². The number of hydrogen-bond donors (Lipinski definition) is 2. The number of H-pyrrole nitrogens is 1. The Labute approximate surface area is 202 Å². The van der Waals surface area contributed by atoms with E-state index in [1.807, 2.05) is 6.07 Å². The predicted octanol–water partition coefficient (Wildman–Crippen LogP) is 3.70. The van der Waals surface area contributed by atoms with Gasteiger partial charge in [0.2, 0.25) is 0 Å². The highest BCUT2D eigenvalue weighted by Crippen LogP contribution is 2.31. The summed E-state index contributed by atoms with van der Waals surface area (Å²) in [6.45, 7) is 5.36. The number of piperidine rings is 1. The van der Waals surface area contributed by atoms with Crippen molar-refractivity contribution in [1.29, 1.82) is 0 Å². The average molecular weight is 485 g/mol. The monoisotopic (exact) mass is 484 g/mol. The van der Waals surface area contributed by atoms with E-state index in [9.17, 15) is 8.78 Å². The van der Waals surface area contributed by atoms with Gasteiger partial charge in [0.05, 0.1) is 20.3 Å².